The predicted octanol–water partition coefficient (Wildman–Crippen LogP) is 4.87. The summed E-state index contributed by atoms with van der Waals surface area (Å²) in [7, 11) is 1.65. The zero-order valence-electron chi connectivity index (χ0n) is 17.8. The van der Waals surface area contributed by atoms with Gasteiger partial charge in [-0.15, -0.1) is 0 Å². The molecule has 1 aromatic heterocycles. The van der Waals surface area contributed by atoms with Crippen LogP contribution in [0.15, 0.2) is 65.4 Å². The van der Waals surface area contributed by atoms with E-state index in [4.69, 9.17) is 9.47 Å². The van der Waals surface area contributed by atoms with Crippen molar-refractivity contribution in [2.75, 3.05) is 20.2 Å². The normalized spacial score (nSPS) is 14.9. The van der Waals surface area contributed by atoms with Crippen LogP contribution < -0.4 is 14.8 Å². The minimum Gasteiger partial charge on any atom is -0.493 e. The zero-order valence-corrected chi connectivity index (χ0v) is 18.6. The van der Waals surface area contributed by atoms with E-state index in [1.165, 1.54) is 5.56 Å². The number of para-hydroxylation sites is 2. The average Bonchev–Trinajstić information content (AvgIpc) is 3.29. The minimum atomic E-state index is 0.123. The topological polar surface area (TPSA) is 50.8 Å². The summed E-state index contributed by atoms with van der Waals surface area (Å²) in [6.07, 6.45) is 2.43. The summed E-state index contributed by atoms with van der Waals surface area (Å²) >= 11 is 1.63. The molecule has 1 aliphatic rings. The fraction of sp³-hybridized carbons (Fsp3) is 0.320. The van der Waals surface area contributed by atoms with Crippen molar-refractivity contribution < 1.29 is 14.3 Å². The SMILES string of the molecule is COc1ccccc1Oc1cccc(CN2CCC(NC(=O)Cc3ccsc3)CC2)c1. The van der Waals surface area contributed by atoms with Crippen LogP contribution in [-0.2, 0) is 17.8 Å². The fourth-order valence-corrected chi connectivity index (χ4v) is 4.56. The smallest absolute Gasteiger partial charge is 0.224 e. The lowest BCUT2D eigenvalue weighted by atomic mass is 10.0. The molecule has 1 aliphatic heterocycles. The number of ether oxygens (including phenoxy) is 2. The first-order valence-corrected chi connectivity index (χ1v) is 11.6. The molecule has 3 aromatic rings. The number of rotatable bonds is 8. The van der Waals surface area contributed by atoms with Crippen molar-refractivity contribution in [1.29, 1.82) is 0 Å². The Labute approximate surface area is 187 Å². The van der Waals surface area contributed by atoms with Crippen LogP contribution >= 0.6 is 11.3 Å². The summed E-state index contributed by atoms with van der Waals surface area (Å²) < 4.78 is 11.4. The van der Waals surface area contributed by atoms with Gasteiger partial charge in [-0.25, -0.2) is 0 Å². The number of methoxy groups -OCH3 is 1. The lowest BCUT2D eigenvalue weighted by Gasteiger charge is -2.32. The molecule has 1 amide bonds. The summed E-state index contributed by atoms with van der Waals surface area (Å²) in [5.41, 5.74) is 2.31. The predicted molar refractivity (Wildman–Crippen MR) is 124 cm³/mol. The summed E-state index contributed by atoms with van der Waals surface area (Å²) in [6, 6.07) is 18.1. The number of carbonyl (C=O) groups excluding carboxylic acids is 1. The van der Waals surface area contributed by atoms with E-state index in [1.807, 2.05) is 53.2 Å². The zero-order chi connectivity index (χ0) is 21.5. The Hall–Kier alpha value is -2.83. The van der Waals surface area contributed by atoms with Crippen LogP contribution in [0, 0.1) is 0 Å². The number of piperidine rings is 1. The van der Waals surface area contributed by atoms with Gasteiger partial charge in [0.25, 0.3) is 0 Å². The molecule has 0 saturated carbocycles. The molecule has 0 atom stereocenters. The lowest BCUT2D eigenvalue weighted by molar-refractivity contribution is -0.121. The quantitative estimate of drug-likeness (QED) is 0.547. The molecule has 162 valence electrons. The van der Waals surface area contributed by atoms with Crippen molar-refractivity contribution in [3.8, 4) is 17.2 Å². The van der Waals surface area contributed by atoms with E-state index < -0.39 is 0 Å². The minimum absolute atomic E-state index is 0.123. The Morgan fingerprint density at radius 2 is 1.87 bits per heavy atom. The highest BCUT2D eigenvalue weighted by molar-refractivity contribution is 7.08. The van der Waals surface area contributed by atoms with E-state index in [1.54, 1.807) is 18.4 Å². The number of nitrogens with one attached hydrogen (secondary N) is 1. The van der Waals surface area contributed by atoms with E-state index in [0.29, 0.717) is 12.2 Å². The van der Waals surface area contributed by atoms with Crippen molar-refractivity contribution in [3.05, 3.63) is 76.5 Å². The third kappa shape index (κ3) is 6.09. The molecule has 0 radical (unpaired) electrons. The van der Waals surface area contributed by atoms with E-state index in [2.05, 4.69) is 22.3 Å². The Balaban J connectivity index is 1.27. The molecule has 1 fully saturated rings. The molecule has 2 heterocycles. The van der Waals surface area contributed by atoms with Crippen LogP contribution in [-0.4, -0.2) is 37.0 Å². The van der Waals surface area contributed by atoms with E-state index in [9.17, 15) is 4.79 Å². The molecular formula is C25H28N2O3S. The van der Waals surface area contributed by atoms with Gasteiger partial charge in [0, 0.05) is 25.7 Å². The molecule has 4 rings (SSSR count). The highest BCUT2D eigenvalue weighted by atomic mass is 32.1. The third-order valence-electron chi connectivity index (χ3n) is 5.50. The maximum absolute atomic E-state index is 12.2. The van der Waals surface area contributed by atoms with Crippen molar-refractivity contribution >= 4 is 17.2 Å². The van der Waals surface area contributed by atoms with Gasteiger partial charge in [-0.05, 0) is 65.1 Å². The summed E-state index contributed by atoms with van der Waals surface area (Å²) in [5, 5.41) is 7.24. The first-order valence-electron chi connectivity index (χ1n) is 10.6. The number of carbonyl (C=O) groups is 1. The van der Waals surface area contributed by atoms with Crippen LogP contribution in [0.4, 0.5) is 0 Å². The van der Waals surface area contributed by atoms with Gasteiger partial charge in [0.1, 0.15) is 5.75 Å². The van der Waals surface area contributed by atoms with Crippen LogP contribution in [0.2, 0.25) is 0 Å². The number of amides is 1. The van der Waals surface area contributed by atoms with E-state index in [-0.39, 0.29) is 11.9 Å². The van der Waals surface area contributed by atoms with Gasteiger partial charge in [-0.3, -0.25) is 9.69 Å². The molecule has 6 heteroatoms. The maximum Gasteiger partial charge on any atom is 0.224 e. The van der Waals surface area contributed by atoms with Crippen LogP contribution in [0.3, 0.4) is 0 Å². The second-order valence-electron chi connectivity index (χ2n) is 7.83. The largest absolute Gasteiger partial charge is 0.493 e. The first-order chi connectivity index (χ1) is 15.2. The molecule has 0 bridgehead atoms. The number of likely N-dealkylation sites (tertiary alicyclic amines) is 1. The Kier molecular flexibility index (Phi) is 7.22. The van der Waals surface area contributed by atoms with Gasteiger partial charge in [0.2, 0.25) is 5.91 Å². The first kappa shape index (κ1) is 21.4. The standard InChI is InChI=1S/C25H28N2O3S/c1-29-23-7-2-3-8-24(23)30-22-6-4-5-19(15-22)17-27-12-9-21(10-13-27)26-25(28)16-20-11-14-31-18-20/h2-8,11,14-15,18,21H,9-10,12-13,16-17H2,1H3,(H,26,28). The molecule has 0 spiro atoms. The van der Waals surface area contributed by atoms with Crippen LogP contribution in [0.1, 0.15) is 24.0 Å². The molecule has 5 nitrogen and oxygen atoms in total. The van der Waals surface area contributed by atoms with E-state index >= 15 is 0 Å². The second-order valence-corrected chi connectivity index (χ2v) is 8.61. The molecule has 0 aliphatic carbocycles. The number of thiophene rings is 1. The van der Waals surface area contributed by atoms with Gasteiger partial charge in [-0.2, -0.15) is 11.3 Å². The van der Waals surface area contributed by atoms with Crippen molar-refractivity contribution in [3.63, 3.8) is 0 Å². The van der Waals surface area contributed by atoms with Crippen molar-refractivity contribution in [1.82, 2.24) is 10.2 Å². The van der Waals surface area contributed by atoms with Crippen molar-refractivity contribution in [2.45, 2.75) is 31.8 Å². The van der Waals surface area contributed by atoms with Gasteiger partial charge < -0.3 is 14.8 Å². The Bertz CT molecular complexity index is 982. The Morgan fingerprint density at radius 3 is 2.61 bits per heavy atom. The van der Waals surface area contributed by atoms with Crippen LogP contribution in [0.5, 0.6) is 17.2 Å². The van der Waals surface area contributed by atoms with Crippen LogP contribution in [0.25, 0.3) is 0 Å². The Morgan fingerprint density at radius 1 is 1.06 bits per heavy atom. The number of nitrogens with zero attached hydrogens (tertiary/aromatic N) is 1. The highest BCUT2D eigenvalue weighted by Crippen LogP contribution is 2.31. The van der Waals surface area contributed by atoms with Gasteiger partial charge in [0.15, 0.2) is 11.5 Å². The molecule has 0 unspecified atom stereocenters. The summed E-state index contributed by atoms with van der Waals surface area (Å²) in [4.78, 5) is 14.7. The molecule has 2 aromatic carbocycles. The molecule has 31 heavy (non-hydrogen) atoms. The van der Waals surface area contributed by atoms with Gasteiger partial charge in [0.05, 0.1) is 13.5 Å². The second kappa shape index (κ2) is 10.5. The molecule has 1 saturated heterocycles. The fourth-order valence-electron chi connectivity index (χ4n) is 3.89. The molecule has 1 N–H and O–H groups in total. The number of hydrogen-bond acceptors (Lipinski definition) is 5. The average molecular weight is 437 g/mol. The highest BCUT2D eigenvalue weighted by Gasteiger charge is 2.21. The van der Waals surface area contributed by atoms with Gasteiger partial charge >= 0.3 is 0 Å². The van der Waals surface area contributed by atoms with Gasteiger partial charge in [-0.1, -0.05) is 24.3 Å². The number of benzene rings is 2. The maximum atomic E-state index is 12.2. The monoisotopic (exact) mass is 436 g/mol. The summed E-state index contributed by atoms with van der Waals surface area (Å²) in [5.74, 6) is 2.35. The lowest BCUT2D eigenvalue weighted by Crippen LogP contribution is -2.44. The van der Waals surface area contributed by atoms with E-state index in [0.717, 1.165) is 49.5 Å². The molecular weight excluding hydrogens is 408 g/mol. The van der Waals surface area contributed by atoms with Crippen molar-refractivity contribution in [2.24, 2.45) is 0 Å². The summed E-state index contributed by atoms with van der Waals surface area (Å²) in [6.45, 7) is 2.82. The third-order valence-corrected chi connectivity index (χ3v) is 6.23. The number of hydrogen-bond donors (Lipinski definition) is 1.